The third-order valence-electron chi connectivity index (χ3n) is 4.51. The quantitative estimate of drug-likeness (QED) is 0.885. The minimum atomic E-state index is -0.882. The molecule has 2 aromatic rings. The number of aromatic nitrogens is 1. The zero-order valence-corrected chi connectivity index (χ0v) is 15.0. The molecule has 0 spiro atoms. The molecule has 1 aliphatic rings. The second-order valence-corrected chi connectivity index (χ2v) is 7.22. The Hall–Kier alpha value is -2.41. The van der Waals surface area contributed by atoms with Gasteiger partial charge in [-0.3, -0.25) is 9.59 Å². The molecule has 1 amide bonds. The Morgan fingerprint density at radius 1 is 1.40 bits per heavy atom. The van der Waals surface area contributed by atoms with E-state index in [4.69, 9.17) is 4.74 Å². The number of aryl methyl sites for hydroxylation is 1. The number of amides is 1. The normalized spacial score (nSPS) is 19.8. The molecular weight excluding hydrogens is 340 g/mol. The Labute approximate surface area is 150 Å². The van der Waals surface area contributed by atoms with Gasteiger partial charge in [0.25, 0.3) is 0 Å². The average molecular weight is 360 g/mol. The maximum atomic E-state index is 12.6. The summed E-state index contributed by atoms with van der Waals surface area (Å²) in [6.45, 7) is 2.51. The molecule has 0 radical (unpaired) electrons. The van der Waals surface area contributed by atoms with Crippen molar-refractivity contribution in [2.75, 3.05) is 20.2 Å². The van der Waals surface area contributed by atoms with Crippen LogP contribution in [0.4, 0.5) is 0 Å². The van der Waals surface area contributed by atoms with Crippen LogP contribution < -0.4 is 4.74 Å². The fourth-order valence-electron chi connectivity index (χ4n) is 3.22. The molecule has 25 heavy (non-hydrogen) atoms. The summed E-state index contributed by atoms with van der Waals surface area (Å²) in [4.78, 5) is 30.2. The first kappa shape index (κ1) is 17.4. The summed E-state index contributed by atoms with van der Waals surface area (Å²) in [6, 6.07) is 7.40. The summed E-state index contributed by atoms with van der Waals surface area (Å²) in [5.74, 6) is -1.14. The Morgan fingerprint density at radius 3 is 2.84 bits per heavy atom. The average Bonchev–Trinajstić information content (AvgIpc) is 3.21. The van der Waals surface area contributed by atoms with Gasteiger partial charge in [0.1, 0.15) is 5.75 Å². The fourth-order valence-corrected chi connectivity index (χ4v) is 3.84. The Kier molecular flexibility index (Phi) is 5.03. The first-order valence-corrected chi connectivity index (χ1v) is 8.91. The van der Waals surface area contributed by atoms with Gasteiger partial charge >= 0.3 is 5.97 Å². The lowest BCUT2D eigenvalue weighted by Gasteiger charge is -2.16. The largest absolute Gasteiger partial charge is 0.497 e. The number of carboxylic acids is 1. The Morgan fingerprint density at radius 2 is 2.20 bits per heavy atom. The van der Waals surface area contributed by atoms with Gasteiger partial charge in [0.2, 0.25) is 5.91 Å². The maximum Gasteiger partial charge on any atom is 0.308 e. The van der Waals surface area contributed by atoms with Crippen LogP contribution in [0.25, 0.3) is 0 Å². The number of carboxylic acid groups (broad SMARTS) is 1. The number of rotatable bonds is 5. The second-order valence-electron chi connectivity index (χ2n) is 6.16. The molecule has 2 heterocycles. The summed E-state index contributed by atoms with van der Waals surface area (Å²) < 4.78 is 5.23. The minimum absolute atomic E-state index is 0.0815. The maximum absolute atomic E-state index is 12.6. The summed E-state index contributed by atoms with van der Waals surface area (Å²) >= 11 is 1.51. The number of thiazole rings is 1. The van der Waals surface area contributed by atoms with E-state index < -0.39 is 11.9 Å². The van der Waals surface area contributed by atoms with Crippen molar-refractivity contribution in [1.82, 2.24) is 9.88 Å². The smallest absolute Gasteiger partial charge is 0.308 e. The van der Waals surface area contributed by atoms with Crippen LogP contribution in [0.5, 0.6) is 5.75 Å². The summed E-state index contributed by atoms with van der Waals surface area (Å²) in [5.41, 5.74) is 1.62. The van der Waals surface area contributed by atoms with Gasteiger partial charge in [0, 0.05) is 24.4 Å². The van der Waals surface area contributed by atoms with Gasteiger partial charge in [-0.05, 0) is 24.6 Å². The van der Waals surface area contributed by atoms with Crippen molar-refractivity contribution in [3.63, 3.8) is 0 Å². The predicted octanol–water partition coefficient (Wildman–Crippen LogP) is 2.33. The number of carbonyl (C=O) groups excluding carboxylic acids is 1. The van der Waals surface area contributed by atoms with Crippen LogP contribution in [0.2, 0.25) is 0 Å². The first-order valence-electron chi connectivity index (χ1n) is 8.03. The van der Waals surface area contributed by atoms with Crippen molar-refractivity contribution in [3.8, 4) is 5.75 Å². The van der Waals surface area contributed by atoms with E-state index in [2.05, 4.69) is 4.98 Å². The van der Waals surface area contributed by atoms with E-state index in [-0.39, 0.29) is 24.8 Å². The minimum Gasteiger partial charge on any atom is -0.497 e. The molecule has 0 unspecified atom stereocenters. The van der Waals surface area contributed by atoms with Crippen molar-refractivity contribution in [2.45, 2.75) is 19.3 Å². The lowest BCUT2D eigenvalue weighted by Crippen LogP contribution is -2.31. The topological polar surface area (TPSA) is 79.7 Å². The molecule has 1 saturated heterocycles. The van der Waals surface area contributed by atoms with Gasteiger partial charge in [-0.1, -0.05) is 12.1 Å². The summed E-state index contributed by atoms with van der Waals surface area (Å²) in [5, 5.41) is 12.4. The molecule has 1 fully saturated rings. The van der Waals surface area contributed by atoms with Crippen LogP contribution in [0, 0.1) is 12.8 Å². The predicted molar refractivity (Wildman–Crippen MR) is 94.0 cm³/mol. The Balaban J connectivity index is 1.77. The highest BCUT2D eigenvalue weighted by Gasteiger charge is 2.40. The highest BCUT2D eigenvalue weighted by Crippen LogP contribution is 2.34. The van der Waals surface area contributed by atoms with Crippen LogP contribution in [-0.4, -0.2) is 47.1 Å². The van der Waals surface area contributed by atoms with E-state index in [1.54, 1.807) is 12.0 Å². The highest BCUT2D eigenvalue weighted by molar-refractivity contribution is 7.09. The van der Waals surface area contributed by atoms with E-state index in [1.165, 1.54) is 11.3 Å². The van der Waals surface area contributed by atoms with Crippen LogP contribution in [0.1, 0.15) is 22.2 Å². The molecule has 0 saturated carbocycles. The lowest BCUT2D eigenvalue weighted by molar-refractivity contribution is -0.141. The van der Waals surface area contributed by atoms with Crippen LogP contribution in [-0.2, 0) is 16.0 Å². The number of carbonyl (C=O) groups is 2. The number of hydrogen-bond donors (Lipinski definition) is 1. The van der Waals surface area contributed by atoms with Gasteiger partial charge in [-0.2, -0.15) is 0 Å². The molecule has 2 atom stereocenters. The molecular formula is C18H20N2O4S. The molecule has 6 nitrogen and oxygen atoms in total. The molecule has 1 aliphatic heterocycles. The van der Waals surface area contributed by atoms with Gasteiger partial charge in [0.05, 0.1) is 30.2 Å². The number of aliphatic carboxylic acids is 1. The number of nitrogens with zero attached hydrogens (tertiary/aromatic N) is 2. The lowest BCUT2D eigenvalue weighted by atomic mass is 9.89. The number of hydrogen-bond acceptors (Lipinski definition) is 5. The van der Waals surface area contributed by atoms with Gasteiger partial charge in [0.15, 0.2) is 0 Å². The van der Waals surface area contributed by atoms with Crippen LogP contribution >= 0.6 is 11.3 Å². The van der Waals surface area contributed by atoms with E-state index in [0.29, 0.717) is 12.3 Å². The third-order valence-corrected chi connectivity index (χ3v) is 5.33. The van der Waals surface area contributed by atoms with Crippen molar-refractivity contribution in [2.24, 2.45) is 5.92 Å². The SMILES string of the molecule is COc1cccc([C@@H]2CN(C(=O)Cc3csc(C)n3)C[C@H]2C(=O)O)c1. The summed E-state index contributed by atoms with van der Waals surface area (Å²) in [7, 11) is 1.58. The molecule has 0 bridgehead atoms. The molecule has 132 valence electrons. The van der Waals surface area contributed by atoms with E-state index in [9.17, 15) is 14.7 Å². The van der Waals surface area contributed by atoms with E-state index in [1.807, 2.05) is 36.6 Å². The number of ether oxygens (including phenoxy) is 1. The number of benzene rings is 1. The molecule has 0 aliphatic carbocycles. The molecule has 7 heteroatoms. The van der Waals surface area contributed by atoms with E-state index in [0.717, 1.165) is 16.3 Å². The van der Waals surface area contributed by atoms with Crippen molar-refractivity contribution >= 4 is 23.2 Å². The third kappa shape index (κ3) is 3.82. The zero-order chi connectivity index (χ0) is 18.0. The van der Waals surface area contributed by atoms with Gasteiger partial charge < -0.3 is 14.7 Å². The molecule has 1 N–H and O–H groups in total. The highest BCUT2D eigenvalue weighted by atomic mass is 32.1. The number of likely N-dealkylation sites (tertiary alicyclic amines) is 1. The van der Waals surface area contributed by atoms with Gasteiger partial charge in [-0.15, -0.1) is 11.3 Å². The fraction of sp³-hybridized carbons (Fsp3) is 0.389. The Bertz CT molecular complexity index is 789. The molecule has 3 rings (SSSR count). The van der Waals surface area contributed by atoms with Crippen molar-refractivity contribution < 1.29 is 19.4 Å². The first-order chi connectivity index (χ1) is 12.0. The van der Waals surface area contributed by atoms with Crippen molar-refractivity contribution in [3.05, 3.63) is 45.9 Å². The monoisotopic (exact) mass is 360 g/mol. The second kappa shape index (κ2) is 7.23. The van der Waals surface area contributed by atoms with E-state index >= 15 is 0 Å². The standard InChI is InChI=1S/C18H20N2O4S/c1-11-19-13(10-25-11)7-17(21)20-8-15(16(9-20)18(22)23)12-4-3-5-14(6-12)24-2/h3-6,10,15-16H,7-9H2,1-2H3,(H,22,23)/t15-,16+/m0/s1. The van der Waals surface area contributed by atoms with Crippen LogP contribution in [0.15, 0.2) is 29.6 Å². The van der Waals surface area contributed by atoms with Gasteiger partial charge in [-0.25, -0.2) is 4.98 Å². The zero-order valence-electron chi connectivity index (χ0n) is 14.1. The molecule has 1 aromatic carbocycles. The molecule has 1 aromatic heterocycles. The summed E-state index contributed by atoms with van der Waals surface area (Å²) in [6.07, 6.45) is 0.210. The van der Waals surface area contributed by atoms with Crippen molar-refractivity contribution in [1.29, 1.82) is 0 Å². The number of methoxy groups -OCH3 is 1. The van der Waals surface area contributed by atoms with Crippen LogP contribution in [0.3, 0.4) is 0 Å².